The minimum Gasteiger partial charge on any atom is -0.487 e. The fraction of sp³-hybridized carbons (Fsp3) is 0.279. The van der Waals surface area contributed by atoms with E-state index >= 15 is 0 Å². The second kappa shape index (κ2) is 31.1. The third-order valence-electron chi connectivity index (χ3n) is 14.3. The van der Waals surface area contributed by atoms with Gasteiger partial charge in [0.15, 0.2) is 0 Å². The molecule has 8 rings (SSSR count). The number of amides is 1. The molecule has 2 atom stereocenters. The van der Waals surface area contributed by atoms with Gasteiger partial charge in [0.05, 0.1) is 49.2 Å². The smallest absolute Gasteiger partial charge is 0.407 e. The van der Waals surface area contributed by atoms with Gasteiger partial charge >= 0.3 is 6.09 Å². The number of nitrogens with one attached hydrogen (secondary N) is 1. The van der Waals surface area contributed by atoms with E-state index < -0.39 is 38.3 Å². The summed E-state index contributed by atoms with van der Waals surface area (Å²) in [6, 6.07) is 66.1. The SMILES string of the molecule is CS(=O)(=O)N(Cc1ccccc1)c1cc([C@@H](O)CN(CCCCc2ccc(CCCCNC(=O)OCc3ccccc3)cc2)C[C@H](O)c2ccc(OCc3ccccc3)c(N(Cc3ccccc3)S(C)(=O)=O)c2)ccc1OCc1ccccc1. The van der Waals surface area contributed by atoms with Gasteiger partial charge < -0.3 is 29.7 Å². The van der Waals surface area contributed by atoms with Crippen LogP contribution < -0.4 is 23.4 Å². The first-order chi connectivity index (χ1) is 40.6. The van der Waals surface area contributed by atoms with Crippen molar-refractivity contribution in [3.8, 4) is 11.5 Å². The number of hydrogen-bond acceptors (Lipinski definition) is 11. The number of nitrogens with zero attached hydrogens (tertiary/aromatic N) is 3. The molecule has 0 aliphatic rings. The lowest BCUT2D eigenvalue weighted by Gasteiger charge is -2.30. The zero-order chi connectivity index (χ0) is 59.2. The minimum atomic E-state index is -3.89. The molecule has 8 aromatic carbocycles. The first kappa shape index (κ1) is 62.1. The lowest BCUT2D eigenvalue weighted by molar-refractivity contribution is 0.0678. The van der Waals surface area contributed by atoms with Gasteiger partial charge in [0.25, 0.3) is 0 Å². The van der Waals surface area contributed by atoms with E-state index in [2.05, 4.69) is 29.6 Å². The Hall–Kier alpha value is -7.99. The molecule has 8 aromatic rings. The highest BCUT2D eigenvalue weighted by Crippen LogP contribution is 2.37. The molecule has 84 heavy (non-hydrogen) atoms. The largest absolute Gasteiger partial charge is 0.487 e. The molecule has 0 saturated carbocycles. The Morgan fingerprint density at radius 3 is 1.21 bits per heavy atom. The number of carbonyl (C=O) groups is 1. The molecule has 0 spiro atoms. The summed E-state index contributed by atoms with van der Waals surface area (Å²) >= 11 is 0. The topological polar surface area (TPSA) is 175 Å². The Morgan fingerprint density at radius 1 is 0.452 bits per heavy atom. The molecular weight excluding hydrogens is 1100 g/mol. The van der Waals surface area contributed by atoms with Gasteiger partial charge in [-0.1, -0.05) is 188 Å². The Kier molecular flexibility index (Phi) is 23.0. The summed E-state index contributed by atoms with van der Waals surface area (Å²) < 4.78 is 75.5. The Bertz CT molecular complexity index is 3340. The summed E-state index contributed by atoms with van der Waals surface area (Å²) in [4.78, 5) is 14.2. The summed E-state index contributed by atoms with van der Waals surface area (Å²) in [5.74, 6) is 0.648. The number of alkyl carbamates (subject to hydrolysis) is 1. The van der Waals surface area contributed by atoms with Crippen molar-refractivity contribution >= 4 is 37.5 Å². The van der Waals surface area contributed by atoms with Crippen LogP contribution in [0.3, 0.4) is 0 Å². The Labute approximate surface area is 496 Å². The van der Waals surface area contributed by atoms with Crippen LogP contribution in [0.25, 0.3) is 0 Å². The van der Waals surface area contributed by atoms with Crippen molar-refractivity contribution in [2.45, 2.75) is 83.6 Å². The van der Waals surface area contributed by atoms with Crippen molar-refractivity contribution in [1.82, 2.24) is 10.2 Å². The number of aryl methyl sites for hydroxylation is 2. The number of rotatable bonds is 32. The number of benzene rings is 8. The predicted octanol–water partition coefficient (Wildman–Crippen LogP) is 12.1. The highest BCUT2D eigenvalue weighted by atomic mass is 32.2. The van der Waals surface area contributed by atoms with Gasteiger partial charge in [-0.05, 0) is 119 Å². The molecule has 0 fully saturated rings. The number of aliphatic hydroxyl groups excluding tert-OH is 2. The van der Waals surface area contributed by atoms with E-state index in [0.29, 0.717) is 42.1 Å². The molecule has 0 aromatic heterocycles. The molecule has 0 bridgehead atoms. The zero-order valence-electron chi connectivity index (χ0n) is 47.8. The van der Waals surface area contributed by atoms with Gasteiger partial charge in [-0.15, -0.1) is 0 Å². The zero-order valence-corrected chi connectivity index (χ0v) is 49.4. The van der Waals surface area contributed by atoms with E-state index in [1.807, 2.05) is 157 Å². The van der Waals surface area contributed by atoms with E-state index in [1.54, 1.807) is 36.4 Å². The van der Waals surface area contributed by atoms with Crippen LogP contribution >= 0.6 is 0 Å². The van der Waals surface area contributed by atoms with Gasteiger partial charge in [-0.25, -0.2) is 21.6 Å². The summed E-state index contributed by atoms with van der Waals surface area (Å²) in [5.41, 5.74) is 8.07. The Morgan fingerprint density at radius 2 is 0.821 bits per heavy atom. The number of unbranched alkanes of at least 4 members (excludes halogenated alkanes) is 2. The highest BCUT2D eigenvalue weighted by molar-refractivity contribution is 7.92. The summed E-state index contributed by atoms with van der Waals surface area (Å²) in [6.45, 7) is 1.76. The van der Waals surface area contributed by atoms with Crippen LogP contribution in [0.2, 0.25) is 0 Å². The fourth-order valence-electron chi connectivity index (χ4n) is 9.76. The van der Waals surface area contributed by atoms with Gasteiger partial charge in [0.1, 0.15) is 31.3 Å². The first-order valence-electron chi connectivity index (χ1n) is 28.4. The van der Waals surface area contributed by atoms with E-state index in [1.165, 1.54) is 19.7 Å². The Balaban J connectivity index is 1.00. The molecular formula is C68H76N4O10S2. The van der Waals surface area contributed by atoms with Crippen LogP contribution in [0.15, 0.2) is 212 Å². The van der Waals surface area contributed by atoms with Crippen LogP contribution in [0.4, 0.5) is 16.2 Å². The summed E-state index contributed by atoms with van der Waals surface area (Å²) in [6.07, 6.45) is 4.46. The molecule has 0 aliphatic carbocycles. The number of carbonyl (C=O) groups excluding carboxylic acids is 1. The van der Waals surface area contributed by atoms with Crippen molar-refractivity contribution in [2.75, 3.05) is 47.3 Å². The van der Waals surface area contributed by atoms with E-state index in [9.17, 15) is 31.8 Å². The molecule has 440 valence electrons. The van der Waals surface area contributed by atoms with Crippen LogP contribution in [0.5, 0.6) is 11.5 Å². The maximum Gasteiger partial charge on any atom is 0.407 e. The third-order valence-corrected chi connectivity index (χ3v) is 16.6. The lowest BCUT2D eigenvalue weighted by Crippen LogP contribution is -2.34. The molecule has 14 nitrogen and oxygen atoms in total. The second-order valence-electron chi connectivity index (χ2n) is 21.0. The molecule has 0 saturated heterocycles. The maximum absolute atomic E-state index is 13.7. The summed E-state index contributed by atoms with van der Waals surface area (Å²) in [5, 5.41) is 27.4. The summed E-state index contributed by atoms with van der Waals surface area (Å²) in [7, 11) is -7.78. The third kappa shape index (κ3) is 19.6. The normalized spacial score (nSPS) is 12.3. The average Bonchev–Trinajstić information content (AvgIpc) is 2.31. The minimum absolute atomic E-state index is 0.0233. The maximum atomic E-state index is 13.7. The highest BCUT2D eigenvalue weighted by Gasteiger charge is 2.27. The van der Waals surface area contributed by atoms with E-state index in [-0.39, 0.29) is 57.4 Å². The first-order valence-corrected chi connectivity index (χ1v) is 32.1. The van der Waals surface area contributed by atoms with Crippen molar-refractivity contribution < 1.29 is 46.1 Å². The van der Waals surface area contributed by atoms with E-state index in [0.717, 1.165) is 72.4 Å². The number of anilines is 2. The number of sulfonamides is 2. The average molecular weight is 1170 g/mol. The van der Waals surface area contributed by atoms with E-state index in [4.69, 9.17) is 14.2 Å². The van der Waals surface area contributed by atoms with Crippen LogP contribution in [-0.2, 0) is 70.5 Å². The molecule has 0 unspecified atom stereocenters. The van der Waals surface area contributed by atoms with Gasteiger partial charge in [0, 0.05) is 19.6 Å². The molecule has 16 heteroatoms. The van der Waals surface area contributed by atoms with Crippen molar-refractivity contribution in [3.63, 3.8) is 0 Å². The van der Waals surface area contributed by atoms with Crippen molar-refractivity contribution in [2.24, 2.45) is 0 Å². The molecule has 0 radical (unpaired) electrons. The standard InChI is InChI=1S/C68H76N4O10S2/c1-83(76,77)71(46-55-24-8-3-9-25-55)62-44-60(38-40-66(62)80-50-57-28-12-5-13-29-57)64(73)48-70(43-21-19-23-54-36-34-53(35-37-54)22-18-20-42-69-68(75)82-52-59-32-16-7-17-33-59)49-65(74)61-39-41-67(81-51-58-30-14-6-15-31-58)63(45-61)72(84(2,78)79)47-56-26-10-4-11-27-56/h3-17,24-41,44-45,64-65,73-74H,18-23,42-43,46-52H2,1-2H3,(H,69,75)/t64-,65-/m0/s1. The molecule has 1 amide bonds. The second-order valence-corrected chi connectivity index (χ2v) is 24.8. The van der Waals surface area contributed by atoms with Crippen LogP contribution in [0.1, 0.15) is 88.0 Å². The predicted molar refractivity (Wildman–Crippen MR) is 333 cm³/mol. The van der Waals surface area contributed by atoms with Gasteiger partial charge in [0.2, 0.25) is 20.0 Å². The number of hydrogen-bond donors (Lipinski definition) is 3. The van der Waals surface area contributed by atoms with Crippen LogP contribution in [-0.4, -0.2) is 76.7 Å². The van der Waals surface area contributed by atoms with Crippen LogP contribution in [0, 0.1) is 0 Å². The van der Waals surface area contributed by atoms with Crippen molar-refractivity contribution in [1.29, 1.82) is 0 Å². The molecule has 0 heterocycles. The quantitative estimate of drug-likeness (QED) is 0.0342. The molecule has 3 N–H and O–H groups in total. The fourth-order valence-corrected chi connectivity index (χ4v) is 11.5. The van der Waals surface area contributed by atoms with Gasteiger partial charge in [-0.3, -0.25) is 13.5 Å². The van der Waals surface area contributed by atoms with Crippen molar-refractivity contribution in [3.05, 3.63) is 262 Å². The van der Waals surface area contributed by atoms with Gasteiger partial charge in [-0.2, -0.15) is 0 Å². The lowest BCUT2D eigenvalue weighted by atomic mass is 10.0. The number of aliphatic hydroxyl groups is 2. The number of ether oxygens (including phenoxy) is 3. The monoisotopic (exact) mass is 1170 g/mol. The molecule has 0 aliphatic heterocycles.